The zero-order valence-corrected chi connectivity index (χ0v) is 10.3. The molecule has 1 saturated heterocycles. The lowest BCUT2D eigenvalue weighted by Crippen LogP contribution is -2.55. The highest BCUT2D eigenvalue weighted by atomic mass is 16.4. The van der Waals surface area contributed by atoms with Crippen molar-refractivity contribution >= 4 is 11.7 Å². The first-order valence-corrected chi connectivity index (χ1v) is 6.04. The zero-order valence-electron chi connectivity index (χ0n) is 10.3. The second-order valence-electron chi connectivity index (χ2n) is 4.77. The summed E-state index contributed by atoms with van der Waals surface area (Å²) in [5.74, 6) is -0.975. The molecule has 0 saturated carbocycles. The van der Waals surface area contributed by atoms with Gasteiger partial charge in [0.25, 0.3) is 0 Å². The lowest BCUT2D eigenvalue weighted by atomic mass is 9.75. The Hall–Kier alpha value is -1.58. The van der Waals surface area contributed by atoms with Gasteiger partial charge in [0.2, 0.25) is 0 Å². The van der Waals surface area contributed by atoms with E-state index in [9.17, 15) is 4.79 Å². The summed E-state index contributed by atoms with van der Waals surface area (Å²) < 4.78 is 0. The second kappa shape index (κ2) is 4.35. The first-order valence-electron chi connectivity index (χ1n) is 6.04. The normalized spacial score (nSPS) is 17.6. The summed E-state index contributed by atoms with van der Waals surface area (Å²) in [5.41, 5.74) is 1.57. The van der Waals surface area contributed by atoms with E-state index in [0.717, 1.165) is 18.8 Å². The molecular formula is C13H18N2O2. The minimum atomic E-state index is -0.975. The van der Waals surface area contributed by atoms with Crippen molar-refractivity contribution in [2.24, 2.45) is 5.41 Å². The molecule has 17 heavy (non-hydrogen) atoms. The third-order valence-corrected chi connectivity index (χ3v) is 3.88. The van der Waals surface area contributed by atoms with Gasteiger partial charge < -0.3 is 10.0 Å². The molecule has 0 radical (unpaired) electrons. The van der Waals surface area contributed by atoms with Crippen LogP contribution in [0.5, 0.6) is 0 Å². The molecule has 4 nitrogen and oxygen atoms in total. The van der Waals surface area contributed by atoms with Crippen LogP contribution in [0.2, 0.25) is 0 Å². The number of carbonyl (C=O) groups is 1. The molecule has 0 amide bonds. The van der Waals surface area contributed by atoms with E-state index in [1.165, 1.54) is 12.8 Å². The van der Waals surface area contributed by atoms with Crippen molar-refractivity contribution in [3.05, 3.63) is 24.0 Å². The molecule has 0 spiro atoms. The molecule has 1 aromatic rings. The number of pyridine rings is 1. The number of anilines is 1. The van der Waals surface area contributed by atoms with Gasteiger partial charge in [-0.05, 0) is 25.0 Å². The zero-order chi connectivity index (χ0) is 12.5. The van der Waals surface area contributed by atoms with Crippen molar-refractivity contribution in [1.29, 1.82) is 0 Å². The third-order valence-electron chi connectivity index (χ3n) is 3.88. The van der Waals surface area contributed by atoms with Crippen LogP contribution in [0.4, 0.5) is 5.69 Å². The lowest BCUT2D eigenvalue weighted by Gasteiger charge is -2.51. The minimum absolute atomic E-state index is 0.103. The predicted molar refractivity (Wildman–Crippen MR) is 66.4 cm³/mol. The molecule has 1 aliphatic heterocycles. The molecule has 1 aromatic heterocycles. The van der Waals surface area contributed by atoms with Crippen LogP contribution >= 0.6 is 0 Å². The number of hydrogen-bond acceptors (Lipinski definition) is 3. The summed E-state index contributed by atoms with van der Waals surface area (Å²) in [7, 11) is 0. The molecular weight excluding hydrogens is 216 g/mol. The van der Waals surface area contributed by atoms with Crippen molar-refractivity contribution in [2.45, 2.75) is 26.7 Å². The molecule has 1 N–H and O–H groups in total. The van der Waals surface area contributed by atoms with Crippen LogP contribution in [0.3, 0.4) is 0 Å². The number of rotatable bonds is 4. The second-order valence-corrected chi connectivity index (χ2v) is 4.77. The van der Waals surface area contributed by atoms with Gasteiger partial charge in [-0.25, -0.2) is 9.78 Å². The molecule has 0 atom stereocenters. The smallest absolute Gasteiger partial charge is 0.354 e. The van der Waals surface area contributed by atoms with Gasteiger partial charge in [-0.1, -0.05) is 13.8 Å². The standard InChI is InChI=1S/C13H18N2O2/c1-3-13(4-2)8-15(9-13)10-5-6-11(12(16)17)14-7-10/h5-7H,3-4,8-9H2,1-2H3,(H,16,17). The van der Waals surface area contributed by atoms with Gasteiger partial charge in [-0.3, -0.25) is 0 Å². The minimum Gasteiger partial charge on any atom is -0.477 e. The maximum atomic E-state index is 10.7. The first-order chi connectivity index (χ1) is 8.10. The molecule has 2 heterocycles. The summed E-state index contributed by atoms with van der Waals surface area (Å²) in [6, 6.07) is 3.40. The number of carboxylic acid groups (broad SMARTS) is 1. The number of aromatic carboxylic acids is 1. The van der Waals surface area contributed by atoms with Gasteiger partial charge in [0.05, 0.1) is 11.9 Å². The fourth-order valence-corrected chi connectivity index (χ4v) is 2.34. The third kappa shape index (κ3) is 2.12. The van der Waals surface area contributed by atoms with Crippen LogP contribution < -0.4 is 4.90 Å². The van der Waals surface area contributed by atoms with Crippen LogP contribution in [0.1, 0.15) is 37.2 Å². The average Bonchev–Trinajstić information content (AvgIpc) is 2.29. The summed E-state index contributed by atoms with van der Waals surface area (Å²) >= 11 is 0. The monoisotopic (exact) mass is 234 g/mol. The average molecular weight is 234 g/mol. The quantitative estimate of drug-likeness (QED) is 0.869. The number of hydrogen-bond donors (Lipinski definition) is 1. The Morgan fingerprint density at radius 2 is 2.06 bits per heavy atom. The summed E-state index contributed by atoms with van der Waals surface area (Å²) in [5, 5.41) is 8.77. The van der Waals surface area contributed by atoms with E-state index in [2.05, 4.69) is 23.7 Å². The van der Waals surface area contributed by atoms with Gasteiger partial charge in [0.1, 0.15) is 5.69 Å². The van der Waals surface area contributed by atoms with Gasteiger partial charge in [-0.15, -0.1) is 0 Å². The fraction of sp³-hybridized carbons (Fsp3) is 0.538. The number of aromatic nitrogens is 1. The van der Waals surface area contributed by atoms with Crippen molar-refractivity contribution in [2.75, 3.05) is 18.0 Å². The van der Waals surface area contributed by atoms with Gasteiger partial charge in [0, 0.05) is 18.5 Å². The van der Waals surface area contributed by atoms with Gasteiger partial charge in [0.15, 0.2) is 0 Å². The van der Waals surface area contributed by atoms with Crippen LogP contribution in [-0.4, -0.2) is 29.1 Å². The maximum Gasteiger partial charge on any atom is 0.354 e. The highest BCUT2D eigenvalue weighted by molar-refractivity contribution is 5.85. The largest absolute Gasteiger partial charge is 0.477 e. The first kappa shape index (κ1) is 11.9. The fourth-order valence-electron chi connectivity index (χ4n) is 2.34. The molecule has 92 valence electrons. The lowest BCUT2D eigenvalue weighted by molar-refractivity contribution is 0.0690. The Kier molecular flexibility index (Phi) is 3.05. The Labute approximate surface area is 101 Å². The molecule has 4 heteroatoms. The Morgan fingerprint density at radius 3 is 2.47 bits per heavy atom. The van der Waals surface area contributed by atoms with E-state index in [-0.39, 0.29) is 5.69 Å². The predicted octanol–water partition coefficient (Wildman–Crippen LogP) is 2.41. The number of nitrogens with zero attached hydrogens (tertiary/aromatic N) is 2. The highest BCUT2D eigenvalue weighted by Gasteiger charge is 2.39. The molecule has 1 fully saturated rings. The summed E-state index contributed by atoms with van der Waals surface area (Å²) in [6.45, 7) is 6.56. The van der Waals surface area contributed by atoms with E-state index in [1.54, 1.807) is 12.3 Å². The maximum absolute atomic E-state index is 10.7. The van der Waals surface area contributed by atoms with Crippen LogP contribution in [0, 0.1) is 5.41 Å². The Bertz CT molecular complexity index is 402. The SMILES string of the molecule is CCC1(CC)CN(c2ccc(C(=O)O)nc2)C1. The van der Waals surface area contributed by atoms with Gasteiger partial charge >= 0.3 is 5.97 Å². The van der Waals surface area contributed by atoms with Crippen LogP contribution in [0.25, 0.3) is 0 Å². The summed E-state index contributed by atoms with van der Waals surface area (Å²) in [6.07, 6.45) is 4.04. The molecule has 2 rings (SSSR count). The Morgan fingerprint density at radius 1 is 1.41 bits per heavy atom. The van der Waals surface area contributed by atoms with Crippen molar-refractivity contribution in [3.8, 4) is 0 Å². The van der Waals surface area contributed by atoms with Crippen molar-refractivity contribution in [3.63, 3.8) is 0 Å². The number of carboxylic acids is 1. The molecule has 0 unspecified atom stereocenters. The summed E-state index contributed by atoms with van der Waals surface area (Å²) in [4.78, 5) is 16.9. The van der Waals surface area contributed by atoms with Crippen LogP contribution in [0.15, 0.2) is 18.3 Å². The molecule has 0 aliphatic carbocycles. The highest BCUT2D eigenvalue weighted by Crippen LogP contribution is 2.39. The van der Waals surface area contributed by atoms with Crippen molar-refractivity contribution < 1.29 is 9.90 Å². The van der Waals surface area contributed by atoms with E-state index >= 15 is 0 Å². The van der Waals surface area contributed by atoms with Gasteiger partial charge in [-0.2, -0.15) is 0 Å². The molecule has 0 bridgehead atoms. The molecule has 0 aromatic carbocycles. The molecule has 1 aliphatic rings. The van der Waals surface area contributed by atoms with E-state index in [1.807, 2.05) is 6.07 Å². The van der Waals surface area contributed by atoms with E-state index < -0.39 is 5.97 Å². The van der Waals surface area contributed by atoms with E-state index in [0.29, 0.717) is 5.41 Å². The Balaban J connectivity index is 2.04. The van der Waals surface area contributed by atoms with E-state index in [4.69, 9.17) is 5.11 Å². The van der Waals surface area contributed by atoms with Crippen LogP contribution in [-0.2, 0) is 0 Å². The van der Waals surface area contributed by atoms with Crippen molar-refractivity contribution in [1.82, 2.24) is 4.98 Å². The topological polar surface area (TPSA) is 53.4 Å².